The van der Waals surface area contributed by atoms with Crippen LogP contribution in [0.1, 0.15) is 54.9 Å². The van der Waals surface area contributed by atoms with E-state index < -0.39 is 0 Å². The first-order valence-electron chi connectivity index (χ1n) is 6.50. The minimum Gasteiger partial charge on any atom is -0.823 e. The van der Waals surface area contributed by atoms with Gasteiger partial charge in [-0.2, -0.15) is 11.4 Å². The summed E-state index contributed by atoms with van der Waals surface area (Å²) in [7, 11) is -0.264. The van der Waals surface area contributed by atoms with Crippen molar-refractivity contribution in [2.75, 3.05) is 0 Å². The minimum atomic E-state index is -0.308. The lowest BCUT2D eigenvalue weighted by molar-refractivity contribution is -0.212. The third-order valence-electron chi connectivity index (χ3n) is 3.31. The molecule has 0 atom stereocenters. The number of rotatable bonds is 3. The van der Waals surface area contributed by atoms with Gasteiger partial charge in [0.2, 0.25) is 0 Å². The molecule has 1 fully saturated rings. The van der Waals surface area contributed by atoms with Crippen LogP contribution in [0.5, 0.6) is 0 Å². The second-order valence-electron chi connectivity index (χ2n) is 6.81. The molecule has 1 radical (unpaired) electrons. The zero-order chi connectivity index (χ0) is 14.2. The van der Waals surface area contributed by atoms with Gasteiger partial charge in [-0.05, 0) is 61.2 Å². The number of hydrogen-bond acceptors (Lipinski definition) is 3. The summed E-state index contributed by atoms with van der Waals surface area (Å²) in [6.45, 7) is 14.2. The minimum absolute atomic E-state index is 0.0208. The summed E-state index contributed by atoms with van der Waals surface area (Å²) in [5.41, 5.74) is -0.615. The van der Waals surface area contributed by atoms with E-state index in [9.17, 15) is 5.11 Å². The van der Waals surface area contributed by atoms with E-state index in [-0.39, 0.29) is 28.1 Å². The van der Waals surface area contributed by atoms with Crippen molar-refractivity contribution in [1.29, 1.82) is 0 Å². The van der Waals surface area contributed by atoms with E-state index in [1.54, 1.807) is 0 Å². The first-order chi connectivity index (χ1) is 7.93. The van der Waals surface area contributed by atoms with Gasteiger partial charge in [0.15, 0.2) is 0 Å². The van der Waals surface area contributed by atoms with Crippen molar-refractivity contribution >= 4 is 23.5 Å². The molecular weight excluding hydrogens is 247 g/mol. The van der Waals surface area contributed by atoms with Crippen LogP contribution in [0.4, 0.5) is 0 Å². The first-order valence-corrected chi connectivity index (χ1v) is 7.32. The van der Waals surface area contributed by atoms with Crippen LogP contribution in [-0.4, -0.2) is 28.1 Å². The smallest absolute Gasteiger partial charge is 0.458 e. The third kappa shape index (κ3) is 4.30. The van der Waals surface area contributed by atoms with E-state index in [0.717, 1.165) is 0 Å². The summed E-state index contributed by atoms with van der Waals surface area (Å²) in [6, 6.07) is 0. The average molecular weight is 272 g/mol. The molecule has 3 nitrogen and oxygen atoms in total. The summed E-state index contributed by atoms with van der Waals surface area (Å²) >= 11 is 1.39. The quantitative estimate of drug-likeness (QED) is 0.585. The van der Waals surface area contributed by atoms with Gasteiger partial charge in [-0.25, -0.2) is 0 Å². The maximum absolute atomic E-state index is 11.8. The summed E-state index contributed by atoms with van der Waals surface area (Å²) in [5.74, 6) is 0. The van der Waals surface area contributed by atoms with Gasteiger partial charge in [-0.3, -0.25) is 0 Å². The second kappa shape index (κ2) is 5.20. The predicted octanol–water partition coefficient (Wildman–Crippen LogP) is 2.49. The molecule has 0 N–H and O–H groups in total. The molecule has 0 unspecified atom stereocenters. The largest absolute Gasteiger partial charge is 0.823 e. The topological polar surface area (TPSA) is 41.5 Å². The zero-order valence-electron chi connectivity index (χ0n) is 12.6. The lowest BCUT2D eigenvalue weighted by atomic mass is 9.83. The molecule has 1 heterocycles. The molecule has 105 valence electrons. The Bertz CT molecular complexity index is 316. The molecule has 18 heavy (non-hydrogen) atoms. The molecule has 0 bridgehead atoms. The van der Waals surface area contributed by atoms with Crippen LogP contribution < -0.4 is 5.11 Å². The zero-order valence-corrected chi connectivity index (χ0v) is 13.4. The molecule has 0 aromatic carbocycles. The third-order valence-corrected chi connectivity index (χ3v) is 4.35. The van der Waals surface area contributed by atoms with Crippen LogP contribution in [0.25, 0.3) is 0 Å². The second-order valence-corrected chi connectivity index (χ2v) is 8.70. The van der Waals surface area contributed by atoms with Crippen molar-refractivity contribution in [3.8, 4) is 0 Å². The average Bonchev–Trinajstić information content (AvgIpc) is 2.29. The highest BCUT2D eigenvalue weighted by Crippen LogP contribution is 2.38. The standard InChI is InChI=1S/C13H26BO3S/c1-11(2,3)18-10(15)8-9-14-16-12(4,5)13(6,7)17-14/h15H,8-9H2,1-7H3/p-1. The lowest BCUT2D eigenvalue weighted by Crippen LogP contribution is -2.41. The Kier molecular flexibility index (Phi) is 4.64. The molecule has 1 aliphatic heterocycles. The Morgan fingerprint density at radius 1 is 1.11 bits per heavy atom. The van der Waals surface area contributed by atoms with Crippen LogP contribution in [0.15, 0.2) is 0 Å². The van der Waals surface area contributed by atoms with Gasteiger partial charge in [0.05, 0.1) is 11.2 Å². The molecule has 1 saturated heterocycles. The molecule has 0 aromatic heterocycles. The predicted molar refractivity (Wildman–Crippen MR) is 77.9 cm³/mol. The van der Waals surface area contributed by atoms with Crippen molar-refractivity contribution in [2.24, 2.45) is 0 Å². The Balaban J connectivity index is 2.51. The monoisotopic (exact) mass is 272 g/mol. The lowest BCUT2D eigenvalue weighted by Gasteiger charge is -2.32. The molecule has 0 spiro atoms. The van der Waals surface area contributed by atoms with Gasteiger partial charge in [-0.15, -0.1) is 5.05 Å². The van der Waals surface area contributed by atoms with Crippen LogP contribution in [0, 0.1) is 0 Å². The van der Waals surface area contributed by atoms with Crippen molar-refractivity contribution in [3.05, 3.63) is 0 Å². The highest BCUT2D eigenvalue weighted by atomic mass is 32.1. The fraction of sp³-hybridized carbons (Fsp3) is 0.923. The molecule has 0 aromatic rings. The highest BCUT2D eigenvalue weighted by molar-refractivity contribution is 7.99. The van der Waals surface area contributed by atoms with Crippen LogP contribution in [0.2, 0.25) is 6.32 Å². The Labute approximate surface area is 115 Å². The maximum Gasteiger partial charge on any atom is 0.458 e. The summed E-state index contributed by atoms with van der Waals surface area (Å²) in [4.78, 5) is 0. The summed E-state index contributed by atoms with van der Waals surface area (Å²) in [6.07, 6.45) is 1.13. The molecule has 1 rings (SSSR count). The van der Waals surface area contributed by atoms with Gasteiger partial charge in [0.25, 0.3) is 0 Å². The van der Waals surface area contributed by atoms with Crippen LogP contribution in [-0.2, 0) is 9.31 Å². The first kappa shape index (κ1) is 16.1. The molecule has 0 aliphatic carbocycles. The van der Waals surface area contributed by atoms with E-state index in [4.69, 9.17) is 9.31 Å². The van der Waals surface area contributed by atoms with Gasteiger partial charge in [-0.1, -0.05) is 0 Å². The van der Waals surface area contributed by atoms with Crippen molar-refractivity contribution < 1.29 is 14.4 Å². The number of hydrogen-bond donors (Lipinski definition) is 0. The van der Waals surface area contributed by atoms with Crippen LogP contribution >= 0.6 is 11.4 Å². The van der Waals surface area contributed by atoms with Crippen molar-refractivity contribution in [2.45, 2.75) is 77.2 Å². The normalized spacial score (nSPS) is 23.6. The van der Waals surface area contributed by atoms with Gasteiger partial charge in [0.1, 0.15) is 0 Å². The fourth-order valence-corrected chi connectivity index (χ4v) is 2.61. The van der Waals surface area contributed by atoms with E-state index in [1.165, 1.54) is 11.4 Å². The molecule has 0 saturated carbocycles. The van der Waals surface area contributed by atoms with Crippen LogP contribution in [0.3, 0.4) is 0 Å². The van der Waals surface area contributed by atoms with E-state index in [2.05, 4.69) is 0 Å². The fourth-order valence-electron chi connectivity index (χ4n) is 1.71. The SMILES string of the molecule is CC(C)(C)[S]=C([O-])CCB1OC(C)(C)C(C)(C)O1. The van der Waals surface area contributed by atoms with Crippen molar-refractivity contribution in [3.63, 3.8) is 0 Å². The Hall–Kier alpha value is 0.0349. The maximum atomic E-state index is 11.8. The van der Waals surface area contributed by atoms with Gasteiger partial charge >= 0.3 is 7.12 Å². The summed E-state index contributed by atoms with van der Waals surface area (Å²) < 4.78 is 11.7. The van der Waals surface area contributed by atoms with Gasteiger partial charge < -0.3 is 14.4 Å². The van der Waals surface area contributed by atoms with Gasteiger partial charge in [0, 0.05) is 4.75 Å². The van der Waals surface area contributed by atoms with Crippen molar-refractivity contribution in [1.82, 2.24) is 0 Å². The molecule has 5 heteroatoms. The molecule has 1 aliphatic rings. The highest BCUT2D eigenvalue weighted by Gasteiger charge is 2.50. The molecular formula is C13H25BO3S-. The Morgan fingerprint density at radius 3 is 1.94 bits per heavy atom. The van der Waals surface area contributed by atoms with E-state index in [1.807, 2.05) is 48.5 Å². The molecule has 0 amide bonds. The Morgan fingerprint density at radius 2 is 1.56 bits per heavy atom. The van der Waals surface area contributed by atoms with E-state index in [0.29, 0.717) is 12.7 Å². The summed E-state index contributed by atoms with van der Waals surface area (Å²) in [5, 5.41) is 12.0. The van der Waals surface area contributed by atoms with E-state index >= 15 is 0 Å².